The predicted molar refractivity (Wildman–Crippen MR) is 74.9 cm³/mol. The molecule has 0 fully saturated rings. The third kappa shape index (κ3) is 2.15. The van der Waals surface area contributed by atoms with Gasteiger partial charge in [0.2, 0.25) is 0 Å². The van der Waals surface area contributed by atoms with E-state index in [-0.39, 0.29) is 0 Å². The van der Waals surface area contributed by atoms with Crippen molar-refractivity contribution < 1.29 is 5.11 Å². The summed E-state index contributed by atoms with van der Waals surface area (Å²) in [7, 11) is 1.96. The Bertz CT molecular complexity index is 709. The monoisotopic (exact) mass is 255 g/mol. The second-order valence-corrected chi connectivity index (χ2v) is 4.88. The Balaban J connectivity index is 1.96. The van der Waals surface area contributed by atoms with Crippen molar-refractivity contribution >= 4 is 10.9 Å². The van der Waals surface area contributed by atoms with Gasteiger partial charge in [-0.05, 0) is 24.6 Å². The van der Waals surface area contributed by atoms with E-state index in [4.69, 9.17) is 0 Å². The van der Waals surface area contributed by atoms with Crippen LogP contribution in [0.15, 0.2) is 42.7 Å². The maximum absolute atomic E-state index is 9.55. The summed E-state index contributed by atoms with van der Waals surface area (Å²) >= 11 is 0. The van der Waals surface area contributed by atoms with Gasteiger partial charge in [0.05, 0.1) is 23.9 Å². The number of aliphatic hydroxyl groups is 1. The molecule has 4 heteroatoms. The first-order chi connectivity index (χ1) is 9.15. The molecule has 98 valence electrons. The van der Waals surface area contributed by atoms with Crippen LogP contribution in [0.3, 0.4) is 0 Å². The maximum Gasteiger partial charge on any atom is 0.0900 e. The first-order valence-corrected chi connectivity index (χ1v) is 6.39. The van der Waals surface area contributed by atoms with Crippen LogP contribution in [0.4, 0.5) is 0 Å². The van der Waals surface area contributed by atoms with E-state index < -0.39 is 6.10 Å². The Morgan fingerprint density at radius 2 is 2.05 bits per heavy atom. The van der Waals surface area contributed by atoms with Crippen molar-refractivity contribution in [2.24, 2.45) is 7.05 Å². The third-order valence-corrected chi connectivity index (χ3v) is 3.42. The molecule has 0 aliphatic carbocycles. The van der Waals surface area contributed by atoms with Gasteiger partial charge in [0.1, 0.15) is 0 Å². The van der Waals surface area contributed by atoms with E-state index in [1.165, 1.54) is 5.39 Å². The normalized spacial score (nSPS) is 13.0. The van der Waals surface area contributed by atoms with E-state index in [9.17, 15) is 5.11 Å². The minimum absolute atomic E-state index is 0.429. The zero-order chi connectivity index (χ0) is 13.4. The summed E-state index contributed by atoms with van der Waals surface area (Å²) in [5.41, 5.74) is 3.12. The van der Waals surface area contributed by atoms with E-state index in [2.05, 4.69) is 21.8 Å². The third-order valence-electron chi connectivity index (χ3n) is 3.42. The maximum atomic E-state index is 9.55. The van der Waals surface area contributed by atoms with Crippen molar-refractivity contribution in [2.75, 3.05) is 0 Å². The van der Waals surface area contributed by atoms with Crippen molar-refractivity contribution in [3.8, 4) is 0 Å². The zero-order valence-electron chi connectivity index (χ0n) is 11.1. The van der Waals surface area contributed by atoms with Crippen molar-refractivity contribution in [2.45, 2.75) is 19.6 Å². The molecule has 0 saturated heterocycles. The molecule has 1 unspecified atom stereocenters. The number of aliphatic hydroxyl groups excluding tert-OH is 1. The molecule has 0 aliphatic heterocycles. The number of aromatic nitrogens is 3. The number of hydrogen-bond donors (Lipinski definition) is 1. The predicted octanol–water partition coefficient (Wildman–Crippen LogP) is 2.48. The first kappa shape index (κ1) is 12.0. The van der Waals surface area contributed by atoms with Crippen molar-refractivity contribution in [3.63, 3.8) is 0 Å². The summed E-state index contributed by atoms with van der Waals surface area (Å²) in [6.07, 6.45) is 3.52. The summed E-state index contributed by atoms with van der Waals surface area (Å²) in [5.74, 6) is 0. The lowest BCUT2D eigenvalue weighted by Crippen LogP contribution is -1.99. The fourth-order valence-corrected chi connectivity index (χ4v) is 2.38. The molecule has 2 aromatic heterocycles. The highest BCUT2D eigenvalue weighted by atomic mass is 16.3. The van der Waals surface area contributed by atoms with Gasteiger partial charge in [0, 0.05) is 24.8 Å². The molecule has 0 aliphatic rings. The van der Waals surface area contributed by atoms with Crippen LogP contribution in [0, 0.1) is 0 Å². The van der Waals surface area contributed by atoms with Gasteiger partial charge in [-0.1, -0.05) is 18.2 Å². The van der Waals surface area contributed by atoms with Gasteiger partial charge in [-0.25, -0.2) is 0 Å². The van der Waals surface area contributed by atoms with Crippen LogP contribution in [-0.2, 0) is 13.6 Å². The van der Waals surface area contributed by atoms with Gasteiger partial charge in [0.25, 0.3) is 0 Å². The summed E-state index contributed by atoms with van der Waals surface area (Å²) in [4.78, 5) is 0. The van der Waals surface area contributed by atoms with Gasteiger partial charge in [-0.15, -0.1) is 0 Å². The van der Waals surface area contributed by atoms with Gasteiger partial charge in [-0.3, -0.25) is 4.68 Å². The topological polar surface area (TPSA) is 43.0 Å². The second-order valence-electron chi connectivity index (χ2n) is 4.88. The Morgan fingerprint density at radius 3 is 2.79 bits per heavy atom. The van der Waals surface area contributed by atoms with Crippen molar-refractivity contribution in [1.29, 1.82) is 0 Å². The van der Waals surface area contributed by atoms with Crippen LogP contribution >= 0.6 is 0 Å². The molecule has 4 nitrogen and oxygen atoms in total. The molecule has 3 aromatic rings. The van der Waals surface area contributed by atoms with Gasteiger partial charge in [-0.2, -0.15) is 5.10 Å². The molecule has 19 heavy (non-hydrogen) atoms. The summed E-state index contributed by atoms with van der Waals surface area (Å²) < 4.78 is 3.96. The standard InChI is InChI=1S/C15H17N3O/c1-11(19)12-7-8-18(9-12)10-14-13-5-3-4-6-15(13)17(2)16-14/h3-9,11,19H,10H2,1-2H3. The largest absolute Gasteiger partial charge is 0.389 e. The molecule has 1 atom stereocenters. The zero-order valence-corrected chi connectivity index (χ0v) is 11.1. The number of aryl methyl sites for hydroxylation is 1. The molecule has 3 rings (SSSR count). The quantitative estimate of drug-likeness (QED) is 0.781. The summed E-state index contributed by atoms with van der Waals surface area (Å²) in [6.45, 7) is 2.49. The Morgan fingerprint density at radius 1 is 1.26 bits per heavy atom. The SMILES string of the molecule is CC(O)c1ccn(Cc2nn(C)c3ccccc23)c1. The lowest BCUT2D eigenvalue weighted by Gasteiger charge is -2.01. The minimum Gasteiger partial charge on any atom is -0.389 e. The molecule has 0 bridgehead atoms. The van der Waals surface area contributed by atoms with E-state index in [0.717, 1.165) is 16.8 Å². The lowest BCUT2D eigenvalue weighted by atomic mass is 10.2. The molecule has 0 spiro atoms. The van der Waals surface area contributed by atoms with E-state index in [0.29, 0.717) is 6.54 Å². The number of rotatable bonds is 3. The highest BCUT2D eigenvalue weighted by Crippen LogP contribution is 2.19. The Hall–Kier alpha value is -2.07. The van der Waals surface area contributed by atoms with Crippen molar-refractivity contribution in [1.82, 2.24) is 14.3 Å². The molecule has 1 aromatic carbocycles. The molecule has 1 N–H and O–H groups in total. The number of fused-ring (bicyclic) bond motifs is 1. The number of hydrogen-bond acceptors (Lipinski definition) is 2. The number of benzene rings is 1. The van der Waals surface area contributed by atoms with Crippen molar-refractivity contribution in [3.05, 3.63) is 54.0 Å². The van der Waals surface area contributed by atoms with E-state index in [1.54, 1.807) is 6.92 Å². The summed E-state index contributed by atoms with van der Waals surface area (Å²) in [5, 5.41) is 15.3. The van der Waals surface area contributed by atoms with Gasteiger partial charge in [0.15, 0.2) is 0 Å². The Labute approximate surface area is 111 Å². The van der Waals surface area contributed by atoms with Gasteiger partial charge >= 0.3 is 0 Å². The van der Waals surface area contributed by atoms with Crippen LogP contribution in [0.25, 0.3) is 10.9 Å². The lowest BCUT2D eigenvalue weighted by molar-refractivity contribution is 0.199. The second kappa shape index (κ2) is 4.55. The van der Waals surface area contributed by atoms with Crippen LogP contribution in [-0.4, -0.2) is 19.5 Å². The molecular weight excluding hydrogens is 238 g/mol. The van der Waals surface area contributed by atoms with Crippen LogP contribution < -0.4 is 0 Å². The fraction of sp³-hybridized carbons (Fsp3) is 0.267. The Kier molecular flexibility index (Phi) is 2.87. The van der Waals surface area contributed by atoms with Crippen LogP contribution in [0.5, 0.6) is 0 Å². The molecule has 2 heterocycles. The smallest absolute Gasteiger partial charge is 0.0900 e. The fourth-order valence-electron chi connectivity index (χ4n) is 2.38. The van der Waals surface area contributed by atoms with Crippen LogP contribution in [0.1, 0.15) is 24.3 Å². The minimum atomic E-state index is -0.429. The molecule has 0 radical (unpaired) electrons. The number of para-hydroxylation sites is 1. The van der Waals surface area contributed by atoms with Gasteiger partial charge < -0.3 is 9.67 Å². The molecule has 0 saturated carbocycles. The van der Waals surface area contributed by atoms with E-state index >= 15 is 0 Å². The van der Waals surface area contributed by atoms with E-state index in [1.807, 2.05) is 42.3 Å². The van der Waals surface area contributed by atoms with Crippen LogP contribution in [0.2, 0.25) is 0 Å². The average molecular weight is 255 g/mol. The summed E-state index contributed by atoms with van der Waals surface area (Å²) in [6, 6.07) is 10.2. The number of nitrogens with zero attached hydrogens (tertiary/aromatic N) is 3. The molecule has 0 amide bonds. The highest BCUT2D eigenvalue weighted by molar-refractivity contribution is 5.81. The highest BCUT2D eigenvalue weighted by Gasteiger charge is 2.09. The first-order valence-electron chi connectivity index (χ1n) is 6.39. The molecular formula is C15H17N3O. The average Bonchev–Trinajstić information content (AvgIpc) is 2.97.